The van der Waals surface area contributed by atoms with Crippen molar-refractivity contribution in [3.05, 3.63) is 50.0 Å². The Balaban J connectivity index is 0.00000450. The highest BCUT2D eigenvalue weighted by molar-refractivity contribution is 14.0. The van der Waals surface area contributed by atoms with Crippen molar-refractivity contribution in [1.29, 1.82) is 0 Å². The van der Waals surface area contributed by atoms with Gasteiger partial charge in [-0.25, -0.2) is 4.98 Å². The van der Waals surface area contributed by atoms with E-state index in [4.69, 9.17) is 4.74 Å². The topological polar surface area (TPSA) is 122 Å². The third kappa shape index (κ3) is 8.79. The highest BCUT2D eigenvalue weighted by Gasteiger charge is 2.09. The van der Waals surface area contributed by atoms with E-state index >= 15 is 0 Å². The molecule has 0 spiro atoms. The molecule has 1 aromatic heterocycles. The summed E-state index contributed by atoms with van der Waals surface area (Å²) in [7, 11) is 0. The summed E-state index contributed by atoms with van der Waals surface area (Å²) < 4.78 is 5.46. The molecule has 3 N–H and O–H groups in total. The number of aryl methyl sites for hydroxylation is 2. The predicted octanol–water partition coefficient (Wildman–Crippen LogP) is 2.82. The molecule has 1 unspecified atom stereocenters. The zero-order valence-electron chi connectivity index (χ0n) is 17.3. The first-order valence-corrected chi connectivity index (χ1v) is 10.2. The summed E-state index contributed by atoms with van der Waals surface area (Å²) in [5.41, 5.74) is 1.06. The minimum Gasteiger partial charge on any atom is -0.491 e. The van der Waals surface area contributed by atoms with Crippen LogP contribution in [-0.4, -0.2) is 53.3 Å². The zero-order valence-corrected chi connectivity index (χ0v) is 20.4. The molecule has 1 aromatic carbocycles. The van der Waals surface area contributed by atoms with Crippen LogP contribution < -0.4 is 15.4 Å². The Labute approximate surface area is 197 Å². The van der Waals surface area contributed by atoms with Gasteiger partial charge < -0.3 is 20.5 Å². The predicted molar refractivity (Wildman–Crippen MR) is 129 cm³/mol. The molecule has 2 rings (SSSR count). The number of nitro benzene ring substituents is 1. The number of halogens is 1. The Morgan fingerprint density at radius 2 is 2.03 bits per heavy atom. The number of thiazole rings is 1. The van der Waals surface area contributed by atoms with Crippen LogP contribution in [0.2, 0.25) is 0 Å². The SMILES string of the molecule is CCNC(=NCC(O)COc1ccc([N+](=O)[O-])cc1)NCCc1nc(C)c(C)s1.I. The number of nitrogens with zero attached hydrogens (tertiary/aromatic N) is 3. The van der Waals surface area contributed by atoms with Crippen LogP contribution in [0.5, 0.6) is 5.75 Å². The molecule has 30 heavy (non-hydrogen) atoms. The summed E-state index contributed by atoms with van der Waals surface area (Å²) in [6.07, 6.45) is 0.000151. The Bertz CT molecular complexity index is 809. The number of hydrogen-bond donors (Lipinski definition) is 3. The van der Waals surface area contributed by atoms with Crippen LogP contribution in [-0.2, 0) is 6.42 Å². The van der Waals surface area contributed by atoms with Crippen LogP contribution >= 0.6 is 35.3 Å². The number of non-ortho nitro benzene ring substituents is 1. The van der Waals surface area contributed by atoms with Gasteiger partial charge in [0.05, 0.1) is 22.2 Å². The molecule has 0 aliphatic heterocycles. The minimum absolute atomic E-state index is 0. The van der Waals surface area contributed by atoms with Crippen molar-refractivity contribution in [3.8, 4) is 5.75 Å². The molecule has 166 valence electrons. The number of nitro groups is 1. The number of benzene rings is 1. The first-order chi connectivity index (χ1) is 13.9. The second-order valence-corrected chi connectivity index (χ2v) is 7.65. The van der Waals surface area contributed by atoms with Gasteiger partial charge in [0.25, 0.3) is 5.69 Å². The van der Waals surface area contributed by atoms with Gasteiger partial charge in [-0.15, -0.1) is 35.3 Å². The van der Waals surface area contributed by atoms with Gasteiger partial charge in [0.2, 0.25) is 0 Å². The largest absolute Gasteiger partial charge is 0.491 e. The number of ether oxygens (including phenoxy) is 1. The highest BCUT2D eigenvalue weighted by atomic mass is 127. The average molecular weight is 549 g/mol. The molecule has 0 aliphatic rings. The van der Waals surface area contributed by atoms with E-state index in [0.717, 1.165) is 17.1 Å². The molecule has 11 heteroatoms. The van der Waals surface area contributed by atoms with Crippen LogP contribution in [0.3, 0.4) is 0 Å². The molecule has 0 radical (unpaired) electrons. The van der Waals surface area contributed by atoms with E-state index in [9.17, 15) is 15.2 Å². The van der Waals surface area contributed by atoms with Gasteiger partial charge in [-0.3, -0.25) is 15.1 Å². The maximum atomic E-state index is 10.6. The van der Waals surface area contributed by atoms with Crippen molar-refractivity contribution in [2.45, 2.75) is 33.3 Å². The average Bonchev–Trinajstić information content (AvgIpc) is 3.02. The summed E-state index contributed by atoms with van der Waals surface area (Å²) in [6.45, 7) is 7.64. The van der Waals surface area contributed by atoms with E-state index in [1.54, 1.807) is 11.3 Å². The van der Waals surface area contributed by atoms with E-state index in [1.165, 1.54) is 29.1 Å². The fourth-order valence-corrected chi connectivity index (χ4v) is 3.32. The first-order valence-electron chi connectivity index (χ1n) is 9.39. The van der Waals surface area contributed by atoms with Crippen molar-refractivity contribution in [2.24, 2.45) is 4.99 Å². The summed E-state index contributed by atoms with van der Waals surface area (Å²) in [6, 6.07) is 5.72. The molecule has 0 fully saturated rings. The van der Waals surface area contributed by atoms with Gasteiger partial charge in [-0.1, -0.05) is 0 Å². The summed E-state index contributed by atoms with van der Waals surface area (Å²) in [5.74, 6) is 1.07. The van der Waals surface area contributed by atoms with Crippen LogP contribution in [0.25, 0.3) is 0 Å². The van der Waals surface area contributed by atoms with Crippen molar-refractivity contribution >= 4 is 47.0 Å². The number of rotatable bonds is 10. The number of hydrogen-bond acceptors (Lipinski definition) is 7. The smallest absolute Gasteiger partial charge is 0.269 e. The lowest BCUT2D eigenvalue weighted by Gasteiger charge is -2.13. The number of guanidine groups is 1. The summed E-state index contributed by atoms with van der Waals surface area (Å²) in [4.78, 5) is 20.3. The summed E-state index contributed by atoms with van der Waals surface area (Å²) >= 11 is 1.70. The zero-order chi connectivity index (χ0) is 21.2. The summed E-state index contributed by atoms with van der Waals surface area (Å²) in [5, 5.41) is 28.2. The van der Waals surface area contributed by atoms with E-state index in [2.05, 4.69) is 27.5 Å². The molecule has 0 amide bonds. The van der Waals surface area contributed by atoms with Crippen LogP contribution in [0, 0.1) is 24.0 Å². The minimum atomic E-state index is -0.801. The third-order valence-electron chi connectivity index (χ3n) is 4.00. The van der Waals surface area contributed by atoms with Gasteiger partial charge >= 0.3 is 0 Å². The molecule has 0 bridgehead atoms. The number of aliphatic imine (C=N–C) groups is 1. The normalized spacial score (nSPS) is 12.1. The molecule has 2 aromatic rings. The van der Waals surface area contributed by atoms with Gasteiger partial charge in [-0.2, -0.15) is 0 Å². The fraction of sp³-hybridized carbons (Fsp3) is 0.474. The second kappa shape index (κ2) is 13.3. The van der Waals surface area contributed by atoms with Crippen molar-refractivity contribution in [1.82, 2.24) is 15.6 Å². The first kappa shape index (κ1) is 26.0. The second-order valence-electron chi connectivity index (χ2n) is 6.36. The van der Waals surface area contributed by atoms with E-state index in [0.29, 0.717) is 24.8 Å². The molecule has 1 atom stereocenters. The standard InChI is InChI=1S/C19H27N5O4S.HI/c1-4-20-19(21-10-9-18-23-13(2)14(3)29-18)22-11-16(25)12-28-17-7-5-15(6-8-17)24(26)27;/h5-8,16,25H,4,9-12H2,1-3H3,(H2,20,21,22);1H. The van der Waals surface area contributed by atoms with Crippen LogP contribution in [0.1, 0.15) is 22.5 Å². The number of aliphatic hydroxyl groups is 1. The molecular formula is C19H28IN5O4S. The Morgan fingerprint density at radius 3 is 2.60 bits per heavy atom. The quantitative estimate of drug-likeness (QED) is 0.137. The lowest BCUT2D eigenvalue weighted by atomic mass is 10.3. The van der Waals surface area contributed by atoms with Crippen LogP contribution in [0.15, 0.2) is 29.3 Å². The van der Waals surface area contributed by atoms with Gasteiger partial charge in [-0.05, 0) is 32.9 Å². The fourth-order valence-electron chi connectivity index (χ4n) is 2.38. The highest BCUT2D eigenvalue weighted by Crippen LogP contribution is 2.17. The van der Waals surface area contributed by atoms with Gasteiger partial charge in [0.1, 0.15) is 18.5 Å². The Hall–Kier alpha value is -1.99. The Morgan fingerprint density at radius 1 is 1.33 bits per heavy atom. The van der Waals surface area contributed by atoms with Crippen LogP contribution in [0.4, 0.5) is 5.69 Å². The van der Waals surface area contributed by atoms with Gasteiger partial charge in [0.15, 0.2) is 5.96 Å². The number of nitrogens with one attached hydrogen (secondary N) is 2. The Kier molecular flexibility index (Phi) is 11.6. The lowest BCUT2D eigenvalue weighted by molar-refractivity contribution is -0.384. The number of aromatic nitrogens is 1. The molecule has 0 saturated heterocycles. The van der Waals surface area contributed by atoms with E-state index in [1.807, 2.05) is 13.8 Å². The van der Waals surface area contributed by atoms with E-state index < -0.39 is 11.0 Å². The molecule has 1 heterocycles. The van der Waals surface area contributed by atoms with E-state index in [-0.39, 0.29) is 42.8 Å². The van der Waals surface area contributed by atoms with Gasteiger partial charge in [0, 0.05) is 36.5 Å². The molecule has 9 nitrogen and oxygen atoms in total. The number of aliphatic hydroxyl groups excluding tert-OH is 1. The molecule has 0 aliphatic carbocycles. The molecular weight excluding hydrogens is 521 g/mol. The maximum Gasteiger partial charge on any atom is 0.269 e. The van der Waals surface area contributed by atoms with Crippen molar-refractivity contribution in [3.63, 3.8) is 0 Å². The van der Waals surface area contributed by atoms with Crippen molar-refractivity contribution < 1.29 is 14.8 Å². The lowest BCUT2D eigenvalue weighted by Crippen LogP contribution is -2.39. The monoisotopic (exact) mass is 549 g/mol. The molecule has 0 saturated carbocycles. The maximum absolute atomic E-state index is 10.6. The third-order valence-corrected chi connectivity index (χ3v) is 5.13. The van der Waals surface area contributed by atoms with Crippen molar-refractivity contribution in [2.75, 3.05) is 26.2 Å².